The lowest BCUT2D eigenvalue weighted by molar-refractivity contribution is -0.120. The largest absolute Gasteiger partial charge is 0.506 e. The third-order valence-electron chi connectivity index (χ3n) is 6.72. The smallest absolute Gasteiger partial charge is 0.229 e. The minimum absolute atomic E-state index is 0.0642. The van der Waals surface area contributed by atoms with Gasteiger partial charge in [0.25, 0.3) is 0 Å². The fraction of sp³-hybridized carbons (Fsp3) is 0.333. The molecule has 2 aromatic carbocycles. The molecule has 5 rings (SSSR count). The lowest BCUT2D eigenvalue weighted by Crippen LogP contribution is -2.44. The van der Waals surface area contributed by atoms with E-state index < -0.39 is 21.2 Å². The summed E-state index contributed by atoms with van der Waals surface area (Å²) < 4.78 is 29.7. The summed E-state index contributed by atoms with van der Waals surface area (Å²) in [4.78, 5) is 14.2. The lowest BCUT2D eigenvalue weighted by atomic mass is 9.67. The van der Waals surface area contributed by atoms with Gasteiger partial charge >= 0.3 is 0 Å². The SMILES string of the molecule is CC1(CCC2CC2)C(=O)C(C2=NSc3cc(NS(C)(=O)=O)cc(O)c3N2O)=C(O)c2ccccc21. The fourth-order valence-corrected chi connectivity index (χ4v) is 6.06. The van der Waals surface area contributed by atoms with Crippen LogP contribution in [-0.4, -0.2) is 41.7 Å². The molecule has 184 valence electrons. The van der Waals surface area contributed by atoms with E-state index >= 15 is 0 Å². The number of phenols is 1. The van der Waals surface area contributed by atoms with Gasteiger partial charge in [0.1, 0.15) is 22.8 Å². The van der Waals surface area contributed by atoms with Crippen LogP contribution in [0.25, 0.3) is 5.76 Å². The number of nitrogens with one attached hydrogen (secondary N) is 1. The van der Waals surface area contributed by atoms with E-state index in [1.807, 2.05) is 19.1 Å². The number of ketones is 1. The maximum absolute atomic E-state index is 13.9. The van der Waals surface area contributed by atoms with Crippen molar-refractivity contribution in [2.45, 2.75) is 42.9 Å². The van der Waals surface area contributed by atoms with E-state index in [2.05, 4.69) is 9.12 Å². The Morgan fingerprint density at radius 2 is 1.94 bits per heavy atom. The second-order valence-corrected chi connectivity index (χ2v) is 12.0. The topological polar surface area (TPSA) is 140 Å². The van der Waals surface area contributed by atoms with Gasteiger partial charge in [-0.3, -0.25) is 14.7 Å². The Kier molecular flexibility index (Phi) is 5.61. The van der Waals surface area contributed by atoms with Crippen molar-refractivity contribution in [3.05, 3.63) is 53.1 Å². The van der Waals surface area contributed by atoms with E-state index in [0.717, 1.165) is 49.1 Å². The molecule has 3 aliphatic rings. The highest BCUT2D eigenvalue weighted by Crippen LogP contribution is 2.49. The van der Waals surface area contributed by atoms with Crippen molar-refractivity contribution in [1.82, 2.24) is 0 Å². The Morgan fingerprint density at radius 3 is 2.63 bits per heavy atom. The molecule has 35 heavy (non-hydrogen) atoms. The number of aromatic hydroxyl groups is 1. The molecule has 0 spiro atoms. The normalized spacial score (nSPS) is 22.0. The van der Waals surface area contributed by atoms with Gasteiger partial charge in [0, 0.05) is 23.6 Å². The predicted molar refractivity (Wildman–Crippen MR) is 134 cm³/mol. The molecule has 0 bridgehead atoms. The van der Waals surface area contributed by atoms with Gasteiger partial charge in [0.2, 0.25) is 10.0 Å². The Bertz CT molecular complexity index is 1410. The Morgan fingerprint density at radius 1 is 1.23 bits per heavy atom. The number of nitrogens with zero attached hydrogens (tertiary/aromatic N) is 2. The zero-order valence-corrected chi connectivity index (χ0v) is 20.8. The lowest BCUT2D eigenvalue weighted by Gasteiger charge is -2.37. The first-order valence-electron chi connectivity index (χ1n) is 11.2. The maximum atomic E-state index is 13.9. The molecule has 1 atom stereocenters. The summed E-state index contributed by atoms with van der Waals surface area (Å²) in [6.07, 6.45) is 4.76. The van der Waals surface area contributed by atoms with Crippen LogP contribution < -0.4 is 9.79 Å². The van der Waals surface area contributed by atoms with E-state index in [-0.39, 0.29) is 39.2 Å². The standard InChI is InChI=1S/C24H25N3O6S2/c1-24(10-9-13-7-8-13)16-6-4-3-5-15(16)21(29)19(22(24)30)23-25-34-18-12-14(26-35(2,32)33)11-17(28)20(18)27(23)31/h3-6,11-13,26,28-29,31H,7-10H2,1-2H3. The predicted octanol–water partition coefficient (Wildman–Crippen LogP) is 4.38. The molecule has 1 unspecified atom stereocenters. The molecule has 9 nitrogen and oxygen atoms in total. The van der Waals surface area contributed by atoms with E-state index in [4.69, 9.17) is 0 Å². The third kappa shape index (κ3) is 4.17. The molecule has 1 aliphatic heterocycles. The van der Waals surface area contributed by atoms with Crippen molar-refractivity contribution in [2.24, 2.45) is 10.3 Å². The van der Waals surface area contributed by atoms with Crippen molar-refractivity contribution in [3.8, 4) is 5.75 Å². The number of aliphatic hydroxyl groups is 1. The molecule has 0 amide bonds. The number of amidine groups is 1. The monoisotopic (exact) mass is 515 g/mol. The number of fused-ring (bicyclic) bond motifs is 2. The minimum Gasteiger partial charge on any atom is -0.506 e. The van der Waals surface area contributed by atoms with Crippen LogP contribution in [-0.2, 0) is 20.2 Å². The van der Waals surface area contributed by atoms with Gasteiger partial charge in [-0.05, 0) is 37.3 Å². The van der Waals surface area contributed by atoms with Crippen LogP contribution in [0.4, 0.5) is 11.4 Å². The average molecular weight is 516 g/mol. The van der Waals surface area contributed by atoms with Crippen molar-refractivity contribution < 1.29 is 28.6 Å². The Labute approximate surface area is 207 Å². The van der Waals surface area contributed by atoms with E-state index in [0.29, 0.717) is 23.0 Å². The molecule has 2 aromatic rings. The molecule has 0 saturated heterocycles. The second kappa shape index (κ2) is 8.28. The number of hydrogen-bond donors (Lipinski definition) is 4. The van der Waals surface area contributed by atoms with Crippen LogP contribution in [0.1, 0.15) is 43.7 Å². The molecular formula is C24H25N3O6S2. The van der Waals surface area contributed by atoms with Crippen LogP contribution in [0.5, 0.6) is 5.75 Å². The molecule has 2 aliphatic carbocycles. The number of hydrogen-bond acceptors (Lipinski definition) is 9. The summed E-state index contributed by atoms with van der Waals surface area (Å²) in [5, 5.41) is 33.4. The number of phenolic OH excluding ortho intramolecular Hbond substituents is 1. The number of aliphatic hydroxyl groups excluding tert-OH is 1. The van der Waals surface area contributed by atoms with Gasteiger partial charge < -0.3 is 10.2 Å². The van der Waals surface area contributed by atoms with E-state index in [1.165, 1.54) is 6.07 Å². The zero-order valence-electron chi connectivity index (χ0n) is 19.1. The summed E-state index contributed by atoms with van der Waals surface area (Å²) in [7, 11) is -3.59. The number of Topliss-reactive ketones (excluding diaryl/α,β-unsaturated/α-hetero) is 1. The maximum Gasteiger partial charge on any atom is 0.229 e. The van der Waals surface area contributed by atoms with Crippen molar-refractivity contribution in [2.75, 3.05) is 16.0 Å². The number of rotatable bonds is 6. The zero-order chi connectivity index (χ0) is 25.1. The molecular weight excluding hydrogens is 490 g/mol. The molecule has 0 radical (unpaired) electrons. The van der Waals surface area contributed by atoms with Crippen LogP contribution in [0.3, 0.4) is 0 Å². The molecule has 11 heteroatoms. The average Bonchev–Trinajstić information content (AvgIpc) is 3.61. The fourth-order valence-electron chi connectivity index (χ4n) is 4.70. The third-order valence-corrected chi connectivity index (χ3v) is 8.09. The van der Waals surface area contributed by atoms with Crippen molar-refractivity contribution in [3.63, 3.8) is 0 Å². The van der Waals surface area contributed by atoms with E-state index in [9.17, 15) is 28.6 Å². The second-order valence-electron chi connectivity index (χ2n) is 9.45. The highest BCUT2D eigenvalue weighted by Gasteiger charge is 2.47. The van der Waals surface area contributed by atoms with Gasteiger partial charge in [-0.2, -0.15) is 9.46 Å². The van der Waals surface area contributed by atoms with Crippen LogP contribution in [0, 0.1) is 5.92 Å². The van der Waals surface area contributed by atoms with Gasteiger partial charge in [0.15, 0.2) is 11.6 Å². The summed E-state index contributed by atoms with van der Waals surface area (Å²) in [6.45, 7) is 1.86. The Balaban J connectivity index is 1.58. The van der Waals surface area contributed by atoms with Gasteiger partial charge in [-0.1, -0.05) is 37.1 Å². The number of anilines is 2. The summed E-state index contributed by atoms with van der Waals surface area (Å²) in [6, 6.07) is 9.75. The first-order valence-corrected chi connectivity index (χ1v) is 13.8. The highest BCUT2D eigenvalue weighted by atomic mass is 32.2. The molecule has 4 N–H and O–H groups in total. The van der Waals surface area contributed by atoms with Gasteiger partial charge in [0.05, 0.1) is 22.3 Å². The van der Waals surface area contributed by atoms with Crippen molar-refractivity contribution in [1.29, 1.82) is 0 Å². The van der Waals surface area contributed by atoms with Crippen molar-refractivity contribution >= 4 is 50.7 Å². The highest BCUT2D eigenvalue weighted by molar-refractivity contribution is 7.98. The minimum atomic E-state index is -3.59. The molecule has 1 fully saturated rings. The molecule has 0 aromatic heterocycles. The van der Waals surface area contributed by atoms with Crippen LogP contribution in [0.15, 0.2) is 51.3 Å². The molecule has 1 heterocycles. The number of sulfonamides is 1. The summed E-state index contributed by atoms with van der Waals surface area (Å²) in [5.74, 6) is -0.657. The van der Waals surface area contributed by atoms with Crippen LogP contribution >= 0.6 is 11.9 Å². The number of carbonyl (C=O) groups is 1. The van der Waals surface area contributed by atoms with Gasteiger partial charge in [-0.15, -0.1) is 0 Å². The van der Waals surface area contributed by atoms with E-state index in [1.54, 1.807) is 12.1 Å². The molecule has 1 saturated carbocycles. The summed E-state index contributed by atoms with van der Waals surface area (Å²) >= 11 is 0.856. The van der Waals surface area contributed by atoms with Crippen LogP contribution in [0.2, 0.25) is 0 Å². The number of benzene rings is 2. The Hall–Kier alpha value is -3.02. The first kappa shape index (κ1) is 23.7. The quantitative estimate of drug-likeness (QED) is 0.416. The summed E-state index contributed by atoms with van der Waals surface area (Å²) in [5.41, 5.74) is 0.233. The van der Waals surface area contributed by atoms with Gasteiger partial charge in [-0.25, -0.2) is 8.42 Å². The first-order chi connectivity index (χ1) is 16.5. The number of hydroxylamine groups is 1. The number of carbonyl (C=O) groups excluding carboxylic acids is 1.